The largest absolute Gasteiger partial charge is 0.490 e. The van der Waals surface area contributed by atoms with E-state index in [1.165, 1.54) is 12.8 Å². The van der Waals surface area contributed by atoms with Crippen LogP contribution in [-0.2, 0) is 0 Å². The van der Waals surface area contributed by atoms with Crippen LogP contribution in [0.3, 0.4) is 0 Å². The van der Waals surface area contributed by atoms with Gasteiger partial charge in [-0.3, -0.25) is 0 Å². The molecule has 0 aliphatic carbocycles. The van der Waals surface area contributed by atoms with E-state index in [0.717, 1.165) is 18.0 Å². The van der Waals surface area contributed by atoms with Gasteiger partial charge >= 0.3 is 0 Å². The van der Waals surface area contributed by atoms with Crippen LogP contribution in [0.4, 0.5) is 0 Å². The summed E-state index contributed by atoms with van der Waals surface area (Å²) in [4.78, 5) is 0. The number of nitrogens with one attached hydrogen (secondary N) is 1. The van der Waals surface area contributed by atoms with E-state index in [0.29, 0.717) is 19.3 Å². The molecule has 0 aliphatic heterocycles. The Bertz CT molecular complexity index is 328. The van der Waals surface area contributed by atoms with E-state index in [9.17, 15) is 0 Å². The Balaban J connectivity index is 2.30. The number of rotatable bonds is 9. The third kappa shape index (κ3) is 5.41. The first-order valence-electron chi connectivity index (χ1n) is 6.85. The normalized spacial score (nSPS) is 12.2. The molecule has 1 rings (SSSR count). The van der Waals surface area contributed by atoms with Gasteiger partial charge in [0.25, 0.3) is 0 Å². The Labute approximate surface area is 110 Å². The second-order valence-corrected chi connectivity index (χ2v) is 4.37. The average Bonchev–Trinajstić information content (AvgIpc) is 2.37. The van der Waals surface area contributed by atoms with Gasteiger partial charge < -0.3 is 14.8 Å². The van der Waals surface area contributed by atoms with Crippen LogP contribution in [0, 0.1) is 0 Å². The Hall–Kier alpha value is -1.22. The molecule has 0 saturated carbocycles. The predicted molar refractivity (Wildman–Crippen MR) is 75.5 cm³/mol. The maximum Gasteiger partial charge on any atom is 0.161 e. The molecule has 1 atom stereocenters. The van der Waals surface area contributed by atoms with Gasteiger partial charge in [-0.15, -0.1) is 0 Å². The van der Waals surface area contributed by atoms with Gasteiger partial charge in [-0.2, -0.15) is 0 Å². The fraction of sp³-hybridized carbons (Fsp3) is 0.600. The molecule has 1 unspecified atom stereocenters. The highest BCUT2D eigenvalue weighted by atomic mass is 16.5. The Morgan fingerprint density at radius 2 is 1.78 bits per heavy atom. The molecule has 3 nitrogen and oxygen atoms in total. The lowest BCUT2D eigenvalue weighted by Crippen LogP contribution is -2.30. The van der Waals surface area contributed by atoms with Crippen molar-refractivity contribution in [3.05, 3.63) is 24.3 Å². The second-order valence-electron chi connectivity index (χ2n) is 4.37. The van der Waals surface area contributed by atoms with Gasteiger partial charge in [-0.05, 0) is 32.4 Å². The molecule has 18 heavy (non-hydrogen) atoms. The van der Waals surface area contributed by atoms with Crippen molar-refractivity contribution in [1.82, 2.24) is 5.32 Å². The highest BCUT2D eigenvalue weighted by molar-refractivity contribution is 5.39. The number of para-hydroxylation sites is 2. The summed E-state index contributed by atoms with van der Waals surface area (Å²) in [6.45, 7) is 8.57. The first-order valence-corrected chi connectivity index (χ1v) is 6.85. The minimum absolute atomic E-state index is 0.556. The zero-order chi connectivity index (χ0) is 13.2. The van der Waals surface area contributed by atoms with Gasteiger partial charge in [-0.1, -0.05) is 25.5 Å². The Morgan fingerprint density at radius 1 is 1.11 bits per heavy atom. The first kappa shape index (κ1) is 14.8. The topological polar surface area (TPSA) is 30.5 Å². The maximum absolute atomic E-state index is 5.73. The molecule has 0 radical (unpaired) electrons. The van der Waals surface area contributed by atoms with Crippen LogP contribution >= 0.6 is 0 Å². The molecule has 1 N–H and O–H groups in total. The summed E-state index contributed by atoms with van der Waals surface area (Å²) >= 11 is 0. The van der Waals surface area contributed by atoms with Crippen LogP contribution < -0.4 is 14.8 Å². The van der Waals surface area contributed by atoms with Crippen LogP contribution in [0.1, 0.15) is 33.6 Å². The molecule has 0 heterocycles. The van der Waals surface area contributed by atoms with Crippen LogP contribution in [0.25, 0.3) is 0 Å². The van der Waals surface area contributed by atoms with E-state index in [1.54, 1.807) is 0 Å². The van der Waals surface area contributed by atoms with Crippen molar-refractivity contribution >= 4 is 0 Å². The van der Waals surface area contributed by atoms with Crippen molar-refractivity contribution in [3.63, 3.8) is 0 Å². The summed E-state index contributed by atoms with van der Waals surface area (Å²) in [6, 6.07) is 8.36. The summed E-state index contributed by atoms with van der Waals surface area (Å²) in [6.07, 6.45) is 2.41. The molecule has 0 bridgehead atoms. The molecular formula is C15H25NO2. The molecule has 3 heteroatoms. The highest BCUT2D eigenvalue weighted by Gasteiger charge is 2.03. The van der Waals surface area contributed by atoms with Gasteiger partial charge in [0, 0.05) is 12.6 Å². The summed E-state index contributed by atoms with van der Waals surface area (Å²) in [5, 5.41) is 3.44. The first-order chi connectivity index (χ1) is 8.77. The summed E-state index contributed by atoms with van der Waals surface area (Å²) < 4.78 is 11.2. The van der Waals surface area contributed by atoms with E-state index in [4.69, 9.17) is 9.47 Å². The lowest BCUT2D eigenvalue weighted by Gasteiger charge is -2.14. The monoisotopic (exact) mass is 251 g/mol. The minimum Gasteiger partial charge on any atom is -0.490 e. The zero-order valence-electron chi connectivity index (χ0n) is 11.7. The molecule has 0 saturated heterocycles. The quantitative estimate of drug-likeness (QED) is 0.683. The number of hydrogen-bond donors (Lipinski definition) is 1. The third-order valence-corrected chi connectivity index (χ3v) is 2.72. The fourth-order valence-electron chi connectivity index (χ4n) is 1.85. The van der Waals surface area contributed by atoms with E-state index in [2.05, 4.69) is 19.2 Å². The van der Waals surface area contributed by atoms with Crippen molar-refractivity contribution in [2.45, 2.75) is 39.7 Å². The molecule has 102 valence electrons. The molecule has 0 fully saturated rings. The van der Waals surface area contributed by atoms with Crippen LogP contribution in [-0.4, -0.2) is 25.8 Å². The molecule has 1 aromatic carbocycles. The van der Waals surface area contributed by atoms with E-state index >= 15 is 0 Å². The number of ether oxygens (including phenoxy) is 2. The summed E-state index contributed by atoms with van der Waals surface area (Å²) in [5.74, 6) is 1.64. The van der Waals surface area contributed by atoms with Crippen molar-refractivity contribution in [2.75, 3.05) is 19.8 Å². The fourth-order valence-corrected chi connectivity index (χ4v) is 1.85. The van der Waals surface area contributed by atoms with Crippen molar-refractivity contribution in [2.24, 2.45) is 0 Å². The van der Waals surface area contributed by atoms with E-state index in [-0.39, 0.29) is 0 Å². The predicted octanol–water partition coefficient (Wildman–Crippen LogP) is 3.24. The molecular weight excluding hydrogens is 226 g/mol. The highest BCUT2D eigenvalue weighted by Crippen LogP contribution is 2.25. The molecule has 0 spiro atoms. The van der Waals surface area contributed by atoms with Gasteiger partial charge in [0.15, 0.2) is 11.5 Å². The SMILES string of the molecule is CCCC(C)NCCOc1ccccc1OCC. The standard InChI is InChI=1S/C15H25NO2/c1-4-8-13(3)16-11-12-18-15-10-7-6-9-14(15)17-5-2/h6-7,9-10,13,16H,4-5,8,11-12H2,1-3H3. The third-order valence-electron chi connectivity index (χ3n) is 2.72. The van der Waals surface area contributed by atoms with Gasteiger partial charge in [0.05, 0.1) is 6.61 Å². The zero-order valence-corrected chi connectivity index (χ0v) is 11.7. The molecule has 0 amide bonds. The molecule has 0 aromatic heterocycles. The van der Waals surface area contributed by atoms with E-state index in [1.807, 2.05) is 31.2 Å². The van der Waals surface area contributed by atoms with E-state index < -0.39 is 0 Å². The second kappa shape index (κ2) is 8.81. The Morgan fingerprint density at radius 3 is 2.39 bits per heavy atom. The average molecular weight is 251 g/mol. The minimum atomic E-state index is 0.556. The number of hydrogen-bond acceptors (Lipinski definition) is 3. The van der Waals surface area contributed by atoms with Crippen LogP contribution in [0.15, 0.2) is 24.3 Å². The molecule has 1 aromatic rings. The maximum atomic E-state index is 5.73. The lowest BCUT2D eigenvalue weighted by molar-refractivity contribution is 0.271. The molecule has 0 aliphatic rings. The van der Waals surface area contributed by atoms with Crippen LogP contribution in [0.5, 0.6) is 11.5 Å². The Kier molecular flexibility index (Phi) is 7.26. The summed E-state index contributed by atoms with van der Waals surface area (Å²) in [5.41, 5.74) is 0. The van der Waals surface area contributed by atoms with Gasteiger partial charge in [0.1, 0.15) is 6.61 Å². The van der Waals surface area contributed by atoms with Gasteiger partial charge in [0.2, 0.25) is 0 Å². The number of benzene rings is 1. The van der Waals surface area contributed by atoms with Crippen molar-refractivity contribution in [1.29, 1.82) is 0 Å². The van der Waals surface area contributed by atoms with Gasteiger partial charge in [-0.25, -0.2) is 0 Å². The van der Waals surface area contributed by atoms with Crippen molar-refractivity contribution < 1.29 is 9.47 Å². The summed E-state index contributed by atoms with van der Waals surface area (Å²) in [7, 11) is 0. The van der Waals surface area contributed by atoms with Crippen LogP contribution in [0.2, 0.25) is 0 Å². The van der Waals surface area contributed by atoms with Crippen molar-refractivity contribution in [3.8, 4) is 11.5 Å². The smallest absolute Gasteiger partial charge is 0.161 e. The lowest BCUT2D eigenvalue weighted by atomic mass is 10.2.